The number of aromatic nitrogens is 3. The van der Waals surface area contributed by atoms with Crippen LogP contribution in [-0.4, -0.2) is 28.8 Å². The van der Waals surface area contributed by atoms with E-state index in [2.05, 4.69) is 14.7 Å². The maximum Gasteiger partial charge on any atom is 0.263 e. The van der Waals surface area contributed by atoms with Gasteiger partial charge in [0.15, 0.2) is 0 Å². The second kappa shape index (κ2) is 7.60. The van der Waals surface area contributed by atoms with Crippen molar-refractivity contribution in [2.24, 2.45) is 12.8 Å². The van der Waals surface area contributed by atoms with Crippen LogP contribution >= 0.6 is 0 Å². The van der Waals surface area contributed by atoms with Crippen LogP contribution in [0, 0.1) is 5.41 Å². The Labute approximate surface area is 174 Å². The molecule has 0 fully saturated rings. The number of nitrogens with two attached hydrogens (primary N) is 1. The smallest absolute Gasteiger partial charge is 0.263 e. The molecular formula is C21H20N6O2S. The zero-order valence-corrected chi connectivity index (χ0v) is 17.0. The number of amidine groups is 1. The van der Waals surface area contributed by atoms with E-state index in [0.29, 0.717) is 23.2 Å². The van der Waals surface area contributed by atoms with Crippen molar-refractivity contribution in [1.82, 2.24) is 14.5 Å². The lowest BCUT2D eigenvalue weighted by Gasteiger charge is -2.07. The standard InChI is InChI=1S/C21H20N6O2S/c1-27-19-9-8-16(26-30(28,29)17-3-2-10-24-13-17)12-18(19)25-20(27)11-14-4-6-15(7-5-14)21(22)23/h2-10,12-13,26H,11H2,1H3,(H3,22,23). The molecule has 4 rings (SSSR count). The summed E-state index contributed by atoms with van der Waals surface area (Å²) in [5.41, 5.74) is 9.24. The number of aryl methyl sites for hydroxylation is 1. The van der Waals surface area contributed by atoms with Gasteiger partial charge in [0, 0.05) is 31.4 Å². The van der Waals surface area contributed by atoms with E-state index in [9.17, 15) is 8.42 Å². The van der Waals surface area contributed by atoms with E-state index >= 15 is 0 Å². The molecule has 0 spiro atoms. The van der Waals surface area contributed by atoms with Gasteiger partial charge in [-0.15, -0.1) is 0 Å². The molecule has 0 bridgehead atoms. The van der Waals surface area contributed by atoms with E-state index in [1.165, 1.54) is 18.5 Å². The van der Waals surface area contributed by atoms with Crippen LogP contribution in [0.25, 0.3) is 11.0 Å². The van der Waals surface area contributed by atoms with Gasteiger partial charge < -0.3 is 10.3 Å². The number of hydrogen-bond donors (Lipinski definition) is 3. The minimum Gasteiger partial charge on any atom is -0.384 e. The third-order valence-corrected chi connectivity index (χ3v) is 6.16. The summed E-state index contributed by atoms with van der Waals surface area (Å²) in [6.07, 6.45) is 3.42. The van der Waals surface area contributed by atoms with Crippen molar-refractivity contribution in [3.05, 3.63) is 83.9 Å². The van der Waals surface area contributed by atoms with Crippen LogP contribution < -0.4 is 10.5 Å². The molecule has 2 aromatic heterocycles. The van der Waals surface area contributed by atoms with E-state index < -0.39 is 10.0 Å². The minimum absolute atomic E-state index is 0.0329. The molecule has 4 aromatic rings. The number of imidazole rings is 1. The van der Waals surface area contributed by atoms with E-state index in [0.717, 1.165) is 16.9 Å². The SMILES string of the molecule is Cn1c(Cc2ccc(C(=N)N)cc2)nc2cc(NS(=O)(=O)c3cccnc3)ccc21. The lowest BCUT2D eigenvalue weighted by molar-refractivity contribution is 0.601. The Bertz CT molecular complexity index is 1330. The third kappa shape index (κ3) is 3.87. The van der Waals surface area contributed by atoms with Crippen molar-refractivity contribution in [3.8, 4) is 0 Å². The first-order valence-corrected chi connectivity index (χ1v) is 10.6. The van der Waals surface area contributed by atoms with Gasteiger partial charge >= 0.3 is 0 Å². The normalized spacial score (nSPS) is 11.5. The fraction of sp³-hybridized carbons (Fsp3) is 0.0952. The van der Waals surface area contributed by atoms with Crippen molar-refractivity contribution in [3.63, 3.8) is 0 Å². The topological polar surface area (TPSA) is 127 Å². The Morgan fingerprint density at radius 2 is 1.93 bits per heavy atom. The molecule has 0 atom stereocenters. The van der Waals surface area contributed by atoms with E-state index in [1.807, 2.05) is 41.9 Å². The Morgan fingerprint density at radius 3 is 2.60 bits per heavy atom. The predicted octanol–water partition coefficient (Wildman–Crippen LogP) is 2.64. The number of rotatable bonds is 6. The van der Waals surface area contributed by atoms with Crippen molar-refractivity contribution >= 4 is 32.6 Å². The molecule has 0 aliphatic heterocycles. The van der Waals surface area contributed by atoms with Crippen LogP contribution in [0.2, 0.25) is 0 Å². The predicted molar refractivity (Wildman–Crippen MR) is 116 cm³/mol. The molecule has 0 aliphatic rings. The Kier molecular flexibility index (Phi) is 4.96. The largest absolute Gasteiger partial charge is 0.384 e. The zero-order valence-electron chi connectivity index (χ0n) is 16.2. The molecule has 2 aromatic carbocycles. The van der Waals surface area contributed by atoms with E-state index in [4.69, 9.17) is 11.1 Å². The van der Waals surface area contributed by atoms with Crippen LogP contribution in [0.5, 0.6) is 0 Å². The number of anilines is 1. The summed E-state index contributed by atoms with van der Waals surface area (Å²) >= 11 is 0. The van der Waals surface area contributed by atoms with Gasteiger partial charge in [-0.3, -0.25) is 15.1 Å². The summed E-state index contributed by atoms with van der Waals surface area (Å²) in [4.78, 5) is 8.63. The lowest BCUT2D eigenvalue weighted by atomic mass is 10.1. The Morgan fingerprint density at radius 1 is 1.17 bits per heavy atom. The first-order valence-electron chi connectivity index (χ1n) is 9.15. The number of sulfonamides is 1. The molecule has 0 unspecified atom stereocenters. The fourth-order valence-electron chi connectivity index (χ4n) is 3.18. The summed E-state index contributed by atoms with van der Waals surface area (Å²) in [6.45, 7) is 0. The molecule has 30 heavy (non-hydrogen) atoms. The van der Waals surface area contributed by atoms with Crippen LogP contribution in [0.1, 0.15) is 17.0 Å². The van der Waals surface area contributed by atoms with Gasteiger partial charge in [-0.05, 0) is 35.9 Å². The molecule has 9 heteroatoms. The number of pyridine rings is 1. The monoisotopic (exact) mass is 420 g/mol. The van der Waals surface area contributed by atoms with Crippen LogP contribution in [0.4, 0.5) is 5.69 Å². The summed E-state index contributed by atoms with van der Waals surface area (Å²) in [7, 11) is -1.79. The first kappa shape index (κ1) is 19.6. The van der Waals surface area contributed by atoms with Gasteiger partial charge in [0.1, 0.15) is 16.6 Å². The molecule has 4 N–H and O–H groups in total. The highest BCUT2D eigenvalue weighted by Gasteiger charge is 2.15. The summed E-state index contributed by atoms with van der Waals surface area (Å²) < 4.78 is 29.6. The van der Waals surface area contributed by atoms with Gasteiger partial charge in [0.25, 0.3) is 10.0 Å². The van der Waals surface area contributed by atoms with Crippen molar-refractivity contribution in [1.29, 1.82) is 5.41 Å². The summed E-state index contributed by atoms with van der Waals surface area (Å²) in [6, 6.07) is 15.8. The van der Waals surface area contributed by atoms with Gasteiger partial charge in [0.05, 0.1) is 16.7 Å². The minimum atomic E-state index is -3.72. The molecule has 2 heterocycles. The molecule has 0 saturated heterocycles. The van der Waals surface area contributed by atoms with E-state index in [-0.39, 0.29) is 10.7 Å². The number of nitrogen functional groups attached to an aromatic ring is 1. The second-order valence-corrected chi connectivity index (χ2v) is 8.55. The number of benzene rings is 2. The summed E-state index contributed by atoms with van der Waals surface area (Å²) in [5, 5.41) is 7.48. The molecule has 8 nitrogen and oxygen atoms in total. The molecular weight excluding hydrogens is 400 g/mol. The third-order valence-electron chi connectivity index (χ3n) is 4.80. The zero-order chi connectivity index (χ0) is 21.3. The molecule has 0 saturated carbocycles. The number of nitrogens with zero attached hydrogens (tertiary/aromatic N) is 3. The van der Waals surface area contributed by atoms with Crippen LogP contribution in [-0.2, 0) is 23.5 Å². The van der Waals surface area contributed by atoms with Crippen molar-refractivity contribution < 1.29 is 8.42 Å². The van der Waals surface area contributed by atoms with Gasteiger partial charge in [-0.25, -0.2) is 13.4 Å². The fourth-order valence-corrected chi connectivity index (χ4v) is 4.19. The van der Waals surface area contributed by atoms with Crippen molar-refractivity contribution in [2.75, 3.05) is 4.72 Å². The lowest BCUT2D eigenvalue weighted by Crippen LogP contribution is -2.13. The molecule has 0 amide bonds. The first-order chi connectivity index (χ1) is 14.3. The average Bonchev–Trinajstić information content (AvgIpc) is 3.03. The highest BCUT2D eigenvalue weighted by Crippen LogP contribution is 2.23. The van der Waals surface area contributed by atoms with E-state index in [1.54, 1.807) is 18.2 Å². The molecule has 0 aliphatic carbocycles. The number of nitrogens with one attached hydrogen (secondary N) is 2. The highest BCUT2D eigenvalue weighted by atomic mass is 32.2. The number of fused-ring (bicyclic) bond motifs is 1. The number of hydrogen-bond acceptors (Lipinski definition) is 5. The molecule has 0 radical (unpaired) electrons. The Balaban J connectivity index is 1.60. The van der Waals surface area contributed by atoms with Crippen LogP contribution in [0.3, 0.4) is 0 Å². The summed E-state index contributed by atoms with van der Waals surface area (Å²) in [5.74, 6) is 0.874. The average molecular weight is 420 g/mol. The van der Waals surface area contributed by atoms with Gasteiger partial charge in [-0.2, -0.15) is 0 Å². The maximum atomic E-state index is 12.5. The highest BCUT2D eigenvalue weighted by molar-refractivity contribution is 7.92. The molecule has 152 valence electrons. The second-order valence-electron chi connectivity index (χ2n) is 6.87. The van der Waals surface area contributed by atoms with Gasteiger partial charge in [-0.1, -0.05) is 24.3 Å². The van der Waals surface area contributed by atoms with Crippen LogP contribution in [0.15, 0.2) is 71.9 Å². The van der Waals surface area contributed by atoms with Crippen molar-refractivity contribution in [2.45, 2.75) is 11.3 Å². The Hall–Kier alpha value is -3.72. The van der Waals surface area contributed by atoms with Gasteiger partial charge in [0.2, 0.25) is 0 Å². The maximum absolute atomic E-state index is 12.5. The quantitative estimate of drug-likeness (QED) is 0.326.